The Kier molecular flexibility index (Phi) is 8.27. The van der Waals surface area contributed by atoms with E-state index in [9.17, 15) is 24.7 Å². The summed E-state index contributed by atoms with van der Waals surface area (Å²) >= 11 is 1.90. The molecule has 0 radical (unpaired) electrons. The number of nitrogens with one attached hydrogen (secondary N) is 1. The smallest absolute Gasteiger partial charge is 0.459 e. The van der Waals surface area contributed by atoms with Crippen LogP contribution in [-0.4, -0.2) is 83.4 Å². The number of fused-ring (bicyclic) bond motifs is 2. The predicted molar refractivity (Wildman–Crippen MR) is 156 cm³/mol. The Morgan fingerprint density at radius 2 is 2.07 bits per heavy atom. The van der Waals surface area contributed by atoms with Crippen molar-refractivity contribution in [2.45, 2.75) is 43.9 Å². The average molecular weight is 715 g/mol. The van der Waals surface area contributed by atoms with E-state index in [2.05, 4.69) is 25.0 Å². The van der Waals surface area contributed by atoms with Crippen molar-refractivity contribution in [3.8, 4) is 11.6 Å². The third kappa shape index (κ3) is 5.60. The second-order valence-corrected chi connectivity index (χ2v) is 12.3. The predicted octanol–water partition coefficient (Wildman–Crippen LogP) is 1.85. The number of nitrogens with zero attached hydrogens (tertiary/aromatic N) is 5. The third-order valence-corrected chi connectivity index (χ3v) is 9.01. The Balaban J connectivity index is 1.44. The van der Waals surface area contributed by atoms with Gasteiger partial charge in [0.05, 0.1) is 19.2 Å². The van der Waals surface area contributed by atoms with Gasteiger partial charge in [-0.2, -0.15) is 15.1 Å². The first-order chi connectivity index (χ1) is 19.8. The quantitative estimate of drug-likeness (QED) is 0.0897. The number of pyridine rings is 1. The van der Waals surface area contributed by atoms with Crippen LogP contribution in [0.15, 0.2) is 36.5 Å². The number of aliphatic hydroxyl groups excluding tert-OH is 1. The lowest BCUT2D eigenvalue weighted by molar-refractivity contribution is -0.138. The molecule has 0 aliphatic carbocycles. The number of aliphatic carboxylic acids is 1. The lowest BCUT2D eigenvalue weighted by atomic mass is 9.96. The first-order valence-corrected chi connectivity index (χ1v) is 15.1. The van der Waals surface area contributed by atoms with Crippen molar-refractivity contribution in [2.75, 3.05) is 19.5 Å². The van der Waals surface area contributed by atoms with E-state index in [4.69, 9.17) is 24.3 Å². The Labute approximate surface area is 251 Å². The minimum absolute atomic E-state index is 0.104. The number of carbonyl (C=O) groups is 1. The molecule has 2 unspecified atom stereocenters. The van der Waals surface area contributed by atoms with Gasteiger partial charge >= 0.3 is 13.7 Å². The first-order valence-electron chi connectivity index (χ1n) is 12.4. The zero-order valence-electron chi connectivity index (χ0n) is 22.4. The van der Waals surface area contributed by atoms with Crippen LogP contribution in [0.3, 0.4) is 0 Å². The fourth-order valence-corrected chi connectivity index (χ4v) is 6.73. The molecular weight excluding hydrogens is 688 g/mol. The van der Waals surface area contributed by atoms with Gasteiger partial charge in [0.15, 0.2) is 21.2 Å². The number of ether oxygens (including phenoxy) is 2. The van der Waals surface area contributed by atoms with Crippen molar-refractivity contribution in [1.82, 2.24) is 29.6 Å². The van der Waals surface area contributed by atoms with Crippen molar-refractivity contribution >= 4 is 64.3 Å². The molecule has 1 aliphatic heterocycles. The number of aliphatic hydroxyl groups is 2. The number of aromatic nitrogens is 5. The van der Waals surface area contributed by atoms with E-state index in [0.29, 0.717) is 14.7 Å². The minimum Gasteiger partial charge on any atom is -0.480 e. The summed E-state index contributed by atoms with van der Waals surface area (Å²) in [5.74, 6) is -1.19. The molecule has 1 fully saturated rings. The molecule has 0 spiro atoms. The second kappa shape index (κ2) is 11.5. The minimum atomic E-state index is -4.43. The van der Waals surface area contributed by atoms with E-state index in [1.165, 1.54) is 31.6 Å². The van der Waals surface area contributed by atoms with Crippen LogP contribution < -0.4 is 20.1 Å². The number of rotatable bonds is 10. The number of methoxy groups -OCH3 is 1. The summed E-state index contributed by atoms with van der Waals surface area (Å²) in [5.41, 5.74) is 4.88. The van der Waals surface area contributed by atoms with Crippen LogP contribution in [-0.2, 0) is 18.6 Å². The molecule has 0 amide bonds. The van der Waals surface area contributed by atoms with Crippen LogP contribution in [0.2, 0.25) is 0 Å². The number of nitrogens with two attached hydrogens (primary N) is 1. The summed E-state index contributed by atoms with van der Waals surface area (Å²) in [7, 11) is -3.04. The molecule has 1 aliphatic rings. The molecule has 4 heterocycles. The van der Waals surface area contributed by atoms with Gasteiger partial charge in [-0.05, 0) is 38.1 Å². The number of imidazole rings is 1. The molecular formula is C24H27IN7O9P. The number of carboxylic acids is 1. The van der Waals surface area contributed by atoms with Crippen molar-refractivity contribution in [3.63, 3.8) is 0 Å². The van der Waals surface area contributed by atoms with E-state index in [1.807, 2.05) is 22.6 Å². The van der Waals surface area contributed by atoms with Gasteiger partial charge in [-0.1, -0.05) is 6.07 Å². The highest BCUT2D eigenvalue weighted by Crippen LogP contribution is 2.48. The van der Waals surface area contributed by atoms with Crippen LogP contribution in [0, 0.1) is 3.83 Å². The summed E-state index contributed by atoms with van der Waals surface area (Å²) in [6, 6.07) is 6.90. The SMILES string of the molecule is COc1nc(N)nc2c1nc(I)n2[C@@H]1O[C@H](COP(=O)(NC(C)C(=O)O)Oc2cccc3ncccc23)[C@@H](O)[C@@]1(C)O. The Hall–Kier alpha value is -3.19. The van der Waals surface area contributed by atoms with Crippen LogP contribution in [0.4, 0.5) is 5.95 Å². The van der Waals surface area contributed by atoms with Crippen molar-refractivity contribution in [3.05, 3.63) is 40.4 Å². The Morgan fingerprint density at radius 1 is 1.31 bits per heavy atom. The number of halogens is 1. The molecule has 18 heteroatoms. The third-order valence-electron chi connectivity index (χ3n) is 6.62. The fourth-order valence-electron chi connectivity index (χ4n) is 4.48. The van der Waals surface area contributed by atoms with E-state index in [1.54, 1.807) is 30.5 Å². The highest BCUT2D eigenvalue weighted by Gasteiger charge is 2.55. The monoisotopic (exact) mass is 715 g/mol. The zero-order valence-corrected chi connectivity index (χ0v) is 25.5. The molecule has 0 saturated carbocycles. The molecule has 3 aromatic heterocycles. The highest BCUT2D eigenvalue weighted by atomic mass is 127. The summed E-state index contributed by atoms with van der Waals surface area (Å²) < 4.78 is 38.3. The van der Waals surface area contributed by atoms with Gasteiger partial charge < -0.3 is 35.1 Å². The Bertz CT molecular complexity index is 1700. The van der Waals surface area contributed by atoms with Gasteiger partial charge in [0.2, 0.25) is 11.8 Å². The normalized spacial score (nSPS) is 24.5. The largest absolute Gasteiger partial charge is 0.480 e. The second-order valence-electron chi connectivity index (χ2n) is 9.61. The lowest BCUT2D eigenvalue weighted by Crippen LogP contribution is -2.44. The maximum Gasteiger partial charge on any atom is 0.459 e. The van der Waals surface area contributed by atoms with Crippen LogP contribution in [0.25, 0.3) is 22.1 Å². The van der Waals surface area contributed by atoms with Gasteiger partial charge in [-0.15, -0.1) is 0 Å². The Morgan fingerprint density at radius 3 is 2.79 bits per heavy atom. The van der Waals surface area contributed by atoms with Gasteiger partial charge in [-0.3, -0.25) is 18.9 Å². The molecule has 16 nitrogen and oxygen atoms in total. The molecule has 1 aromatic carbocycles. The zero-order chi connectivity index (χ0) is 30.4. The van der Waals surface area contributed by atoms with Crippen molar-refractivity contribution in [1.29, 1.82) is 0 Å². The topological polar surface area (TPSA) is 226 Å². The van der Waals surface area contributed by atoms with E-state index >= 15 is 0 Å². The highest BCUT2D eigenvalue weighted by molar-refractivity contribution is 14.1. The summed E-state index contributed by atoms with van der Waals surface area (Å²) in [6.45, 7) is 2.04. The van der Waals surface area contributed by atoms with Crippen molar-refractivity contribution < 1.29 is 43.2 Å². The lowest BCUT2D eigenvalue weighted by Gasteiger charge is -2.28. The average Bonchev–Trinajstić information content (AvgIpc) is 3.38. The van der Waals surface area contributed by atoms with Crippen LogP contribution in [0.1, 0.15) is 20.1 Å². The molecule has 42 heavy (non-hydrogen) atoms. The molecule has 4 aromatic rings. The van der Waals surface area contributed by atoms with Gasteiger partial charge in [0.1, 0.15) is 29.6 Å². The summed E-state index contributed by atoms with van der Waals surface area (Å²) in [4.78, 5) is 28.4. The van der Waals surface area contributed by atoms with Crippen molar-refractivity contribution in [2.24, 2.45) is 0 Å². The molecule has 0 bridgehead atoms. The van der Waals surface area contributed by atoms with E-state index in [0.717, 1.165) is 0 Å². The van der Waals surface area contributed by atoms with Gasteiger partial charge in [0.25, 0.3) is 0 Å². The maximum atomic E-state index is 13.9. The first kappa shape index (κ1) is 30.3. The number of nitrogen functional groups attached to an aromatic ring is 1. The van der Waals surface area contributed by atoms with E-state index < -0.39 is 50.4 Å². The van der Waals surface area contributed by atoms with Gasteiger partial charge in [0, 0.05) is 34.2 Å². The van der Waals surface area contributed by atoms with Crippen LogP contribution >= 0.6 is 30.3 Å². The fraction of sp³-hybridized carbons (Fsp3) is 0.375. The number of anilines is 1. The molecule has 6 N–H and O–H groups in total. The summed E-state index contributed by atoms with van der Waals surface area (Å²) in [6.07, 6.45) is -2.50. The molecule has 1 saturated heterocycles. The molecule has 5 rings (SSSR count). The number of hydrogen-bond donors (Lipinski definition) is 5. The number of benzene rings is 1. The maximum absolute atomic E-state index is 13.9. The number of hydrogen-bond acceptors (Lipinski definition) is 13. The number of carboxylic acid groups (broad SMARTS) is 1. The standard InChI is InChI=1S/C24H27IN7O9P/c1-11(20(34)35)31-42(37,41-14-8-4-7-13-12(14)6-5-9-27-13)39-10-15-17(33)24(2,36)21(40-15)32-18-16(28-22(32)25)19(38-3)30-23(26)29-18/h4-9,11,15,17,21,33,36H,10H2,1-3H3,(H,31,37)(H,34,35)(H2,26,29,30)/t11?,15-,17-,21-,24-,42?/m1/s1. The van der Waals surface area contributed by atoms with Gasteiger partial charge in [-0.25, -0.2) is 9.55 Å². The van der Waals surface area contributed by atoms with Crippen LogP contribution in [0.5, 0.6) is 11.6 Å². The molecule has 224 valence electrons. The van der Waals surface area contributed by atoms with E-state index in [-0.39, 0.29) is 28.7 Å². The molecule has 6 atom stereocenters. The summed E-state index contributed by atoms with van der Waals surface area (Å²) in [5, 5.41) is 34.8.